The Balaban J connectivity index is 2.27. The summed E-state index contributed by atoms with van der Waals surface area (Å²) in [5, 5.41) is 2.86. The van der Waals surface area contributed by atoms with Crippen LogP contribution in [0.25, 0.3) is 6.08 Å². The molecule has 0 amide bonds. The van der Waals surface area contributed by atoms with E-state index in [-0.39, 0.29) is 11.3 Å². The van der Waals surface area contributed by atoms with Crippen LogP contribution in [0.4, 0.5) is 5.69 Å². The monoisotopic (exact) mass is 317 g/mol. The van der Waals surface area contributed by atoms with Crippen LogP contribution in [0.1, 0.15) is 19.4 Å². The second-order valence-electron chi connectivity index (χ2n) is 5.49. The number of hydrogen-bond donors (Lipinski definition) is 1. The van der Waals surface area contributed by atoms with Gasteiger partial charge in [0.1, 0.15) is 17.0 Å². The standard InChI is InChI=1S/C17H19NO5/c1-17(2)8-7-11-9-12(5-6-14(11)23-17)18-13(16(20)22-4)10-15(19)21-3/h5-10,18H,1-4H3/b13-10+. The number of carbonyl (C=O) groups is 2. The molecular formula is C17H19NO5. The maximum Gasteiger partial charge on any atom is 0.354 e. The summed E-state index contributed by atoms with van der Waals surface area (Å²) < 4.78 is 15.0. The Labute approximate surface area is 134 Å². The van der Waals surface area contributed by atoms with E-state index in [2.05, 4.69) is 14.8 Å². The molecule has 0 bridgehead atoms. The molecule has 0 aromatic heterocycles. The first kappa shape index (κ1) is 16.6. The van der Waals surface area contributed by atoms with Gasteiger partial charge in [-0.15, -0.1) is 0 Å². The maximum atomic E-state index is 11.7. The van der Waals surface area contributed by atoms with Gasteiger partial charge in [-0.1, -0.05) is 6.08 Å². The number of ether oxygens (including phenoxy) is 3. The summed E-state index contributed by atoms with van der Waals surface area (Å²) in [6, 6.07) is 5.37. The van der Waals surface area contributed by atoms with Crippen LogP contribution in [0.3, 0.4) is 0 Å². The smallest absolute Gasteiger partial charge is 0.354 e. The molecular weight excluding hydrogens is 298 g/mol. The summed E-state index contributed by atoms with van der Waals surface area (Å²) in [6.45, 7) is 3.93. The molecule has 1 aromatic carbocycles. The van der Waals surface area contributed by atoms with Crippen molar-refractivity contribution in [3.63, 3.8) is 0 Å². The predicted molar refractivity (Wildman–Crippen MR) is 85.9 cm³/mol. The molecule has 122 valence electrons. The normalized spacial score (nSPS) is 15.2. The Morgan fingerprint density at radius 1 is 1.22 bits per heavy atom. The van der Waals surface area contributed by atoms with Gasteiger partial charge in [0.15, 0.2) is 0 Å². The van der Waals surface area contributed by atoms with Crippen LogP contribution in [-0.4, -0.2) is 31.8 Å². The average Bonchev–Trinajstić information content (AvgIpc) is 2.52. The van der Waals surface area contributed by atoms with Crippen LogP contribution in [-0.2, 0) is 19.1 Å². The Kier molecular flexibility index (Phi) is 4.74. The highest BCUT2D eigenvalue weighted by molar-refractivity contribution is 5.98. The van der Waals surface area contributed by atoms with Gasteiger partial charge in [0, 0.05) is 11.3 Å². The minimum atomic E-state index is -0.666. The number of methoxy groups -OCH3 is 2. The first-order valence-corrected chi connectivity index (χ1v) is 7.02. The molecule has 0 atom stereocenters. The Morgan fingerprint density at radius 3 is 2.61 bits per heavy atom. The van der Waals surface area contributed by atoms with E-state index in [4.69, 9.17) is 4.74 Å². The maximum absolute atomic E-state index is 11.7. The van der Waals surface area contributed by atoms with E-state index in [1.807, 2.05) is 32.1 Å². The largest absolute Gasteiger partial charge is 0.483 e. The Bertz CT molecular complexity index is 688. The molecule has 2 rings (SSSR count). The summed E-state index contributed by atoms with van der Waals surface area (Å²) in [5.41, 5.74) is 1.12. The van der Waals surface area contributed by atoms with E-state index in [1.54, 1.807) is 12.1 Å². The van der Waals surface area contributed by atoms with Crippen LogP contribution in [0.15, 0.2) is 36.0 Å². The van der Waals surface area contributed by atoms with E-state index in [1.165, 1.54) is 14.2 Å². The molecule has 6 heteroatoms. The number of fused-ring (bicyclic) bond motifs is 1. The Morgan fingerprint density at radius 2 is 1.96 bits per heavy atom. The van der Waals surface area contributed by atoms with Crippen molar-refractivity contribution >= 4 is 23.7 Å². The molecule has 0 saturated carbocycles. The second kappa shape index (κ2) is 6.56. The van der Waals surface area contributed by atoms with Crippen molar-refractivity contribution in [1.82, 2.24) is 0 Å². The molecule has 1 N–H and O–H groups in total. The first-order chi connectivity index (χ1) is 10.8. The lowest BCUT2D eigenvalue weighted by Crippen LogP contribution is -2.27. The van der Waals surface area contributed by atoms with Crippen molar-refractivity contribution < 1.29 is 23.8 Å². The highest BCUT2D eigenvalue weighted by atomic mass is 16.5. The molecule has 6 nitrogen and oxygen atoms in total. The molecule has 23 heavy (non-hydrogen) atoms. The van der Waals surface area contributed by atoms with Crippen molar-refractivity contribution in [1.29, 1.82) is 0 Å². The van der Waals surface area contributed by atoms with Crippen LogP contribution >= 0.6 is 0 Å². The molecule has 0 saturated heterocycles. The zero-order valence-corrected chi connectivity index (χ0v) is 13.5. The van der Waals surface area contributed by atoms with Gasteiger partial charge in [0.25, 0.3) is 0 Å². The van der Waals surface area contributed by atoms with E-state index in [0.717, 1.165) is 17.4 Å². The molecule has 0 aliphatic carbocycles. The number of rotatable bonds is 4. The van der Waals surface area contributed by atoms with Crippen LogP contribution in [0.2, 0.25) is 0 Å². The van der Waals surface area contributed by atoms with E-state index in [0.29, 0.717) is 5.69 Å². The third-order valence-electron chi connectivity index (χ3n) is 3.19. The highest BCUT2D eigenvalue weighted by Gasteiger charge is 2.22. The van der Waals surface area contributed by atoms with E-state index in [9.17, 15) is 9.59 Å². The minimum Gasteiger partial charge on any atom is -0.483 e. The van der Waals surface area contributed by atoms with Gasteiger partial charge >= 0.3 is 11.9 Å². The number of anilines is 1. The molecule has 1 aliphatic heterocycles. The number of esters is 2. The lowest BCUT2D eigenvalue weighted by atomic mass is 10.0. The predicted octanol–water partition coefficient (Wildman–Crippen LogP) is 2.51. The number of benzene rings is 1. The van der Waals surface area contributed by atoms with Gasteiger partial charge in [-0.3, -0.25) is 0 Å². The van der Waals surface area contributed by atoms with E-state index < -0.39 is 11.9 Å². The van der Waals surface area contributed by atoms with Crippen molar-refractivity contribution in [2.45, 2.75) is 19.4 Å². The zero-order valence-electron chi connectivity index (χ0n) is 13.5. The van der Waals surface area contributed by atoms with Gasteiger partial charge in [0.2, 0.25) is 0 Å². The second-order valence-corrected chi connectivity index (χ2v) is 5.49. The fourth-order valence-electron chi connectivity index (χ4n) is 2.05. The summed E-state index contributed by atoms with van der Waals surface area (Å²) >= 11 is 0. The molecule has 0 fully saturated rings. The van der Waals surface area contributed by atoms with Crippen molar-refractivity contribution in [3.05, 3.63) is 41.6 Å². The summed E-state index contributed by atoms with van der Waals surface area (Å²) in [6.07, 6.45) is 4.94. The van der Waals surface area contributed by atoms with E-state index >= 15 is 0 Å². The molecule has 0 spiro atoms. The third kappa shape index (κ3) is 4.12. The van der Waals surface area contributed by atoms with Crippen LogP contribution in [0.5, 0.6) is 5.75 Å². The van der Waals surface area contributed by atoms with Gasteiger partial charge in [0.05, 0.1) is 20.3 Å². The number of carbonyl (C=O) groups excluding carboxylic acids is 2. The van der Waals surface area contributed by atoms with Gasteiger partial charge < -0.3 is 19.5 Å². The molecule has 1 aliphatic rings. The van der Waals surface area contributed by atoms with Crippen LogP contribution in [0, 0.1) is 0 Å². The summed E-state index contributed by atoms with van der Waals surface area (Å²) in [4.78, 5) is 23.1. The van der Waals surface area contributed by atoms with Gasteiger partial charge in [-0.05, 0) is 38.1 Å². The fraction of sp³-hybridized carbons (Fsp3) is 0.294. The molecule has 1 heterocycles. The van der Waals surface area contributed by atoms with Crippen molar-refractivity contribution in [2.24, 2.45) is 0 Å². The lowest BCUT2D eigenvalue weighted by Gasteiger charge is -2.28. The number of hydrogen-bond acceptors (Lipinski definition) is 6. The Hall–Kier alpha value is -2.76. The summed E-state index contributed by atoms with van der Waals surface area (Å²) in [5.74, 6) is -0.568. The zero-order chi connectivity index (χ0) is 17.0. The lowest BCUT2D eigenvalue weighted by molar-refractivity contribution is -0.138. The summed E-state index contributed by atoms with van der Waals surface area (Å²) in [7, 11) is 2.47. The first-order valence-electron chi connectivity index (χ1n) is 7.02. The number of nitrogens with one attached hydrogen (secondary N) is 1. The van der Waals surface area contributed by atoms with Crippen molar-refractivity contribution in [3.8, 4) is 5.75 Å². The fourth-order valence-corrected chi connectivity index (χ4v) is 2.05. The SMILES string of the molecule is COC(=O)/C=C(/Nc1ccc2c(c1)C=CC(C)(C)O2)C(=O)OC. The molecule has 1 aromatic rings. The third-order valence-corrected chi connectivity index (χ3v) is 3.19. The molecule has 0 radical (unpaired) electrons. The quantitative estimate of drug-likeness (QED) is 0.679. The molecule has 0 unspecified atom stereocenters. The average molecular weight is 317 g/mol. The van der Waals surface area contributed by atoms with Gasteiger partial charge in [-0.25, -0.2) is 9.59 Å². The van der Waals surface area contributed by atoms with Gasteiger partial charge in [-0.2, -0.15) is 0 Å². The van der Waals surface area contributed by atoms with Crippen molar-refractivity contribution in [2.75, 3.05) is 19.5 Å². The highest BCUT2D eigenvalue weighted by Crippen LogP contribution is 2.32. The topological polar surface area (TPSA) is 73.9 Å². The minimum absolute atomic E-state index is 0.0136. The van der Waals surface area contributed by atoms with Crippen LogP contribution < -0.4 is 10.1 Å².